The molecule has 2 heterocycles. The van der Waals surface area contributed by atoms with Gasteiger partial charge in [-0.05, 0) is 66.6 Å². The Hall–Kier alpha value is -4.50. The van der Waals surface area contributed by atoms with Crippen LogP contribution in [0.1, 0.15) is 5.56 Å². The molecule has 8 nitrogen and oxygen atoms in total. The minimum atomic E-state index is -3.91. The molecule has 0 unspecified atom stereocenters. The van der Waals surface area contributed by atoms with Crippen molar-refractivity contribution in [1.29, 1.82) is 0 Å². The van der Waals surface area contributed by atoms with Gasteiger partial charge >= 0.3 is 0 Å². The predicted molar refractivity (Wildman–Crippen MR) is 139 cm³/mol. The Kier molecular flexibility index (Phi) is 5.99. The van der Waals surface area contributed by atoms with Gasteiger partial charge in [-0.1, -0.05) is 35.9 Å². The number of pyridine rings is 1. The van der Waals surface area contributed by atoms with Crippen molar-refractivity contribution >= 4 is 26.7 Å². The molecule has 0 spiro atoms. The first-order valence-electron chi connectivity index (χ1n) is 11.1. The number of fused-ring (bicyclic) bond motifs is 1. The third kappa shape index (κ3) is 4.44. The van der Waals surface area contributed by atoms with Crippen LogP contribution in [0.4, 0.5) is 5.82 Å². The minimum Gasteiger partial charge on any atom is -0.495 e. The number of ether oxygens (including phenoxy) is 1. The fraction of sp³-hybridized carbons (Fsp3) is 0.0741. The maximum atomic E-state index is 13.0. The second kappa shape index (κ2) is 9.27. The lowest BCUT2D eigenvalue weighted by atomic mass is 10.0. The summed E-state index contributed by atoms with van der Waals surface area (Å²) < 4.78 is 35.4. The number of hydrogen-bond donors (Lipinski definition) is 1. The molecule has 0 radical (unpaired) electrons. The van der Waals surface area contributed by atoms with Crippen molar-refractivity contribution in [1.82, 2.24) is 14.8 Å². The van der Waals surface area contributed by atoms with Gasteiger partial charge in [0.2, 0.25) is 0 Å². The number of hydrogen-bond acceptors (Lipinski definition) is 6. The minimum absolute atomic E-state index is 0.0348. The molecule has 0 saturated heterocycles. The van der Waals surface area contributed by atoms with Crippen molar-refractivity contribution in [3.63, 3.8) is 0 Å². The van der Waals surface area contributed by atoms with Crippen LogP contribution in [0.2, 0.25) is 0 Å². The maximum absolute atomic E-state index is 13.0. The highest BCUT2D eigenvalue weighted by molar-refractivity contribution is 7.92. The number of methoxy groups -OCH3 is 1. The number of rotatable bonds is 6. The average Bonchev–Trinajstić information content (AvgIpc) is 2.88. The van der Waals surface area contributed by atoms with E-state index in [0.717, 1.165) is 16.7 Å². The molecule has 3 aromatic carbocycles. The summed E-state index contributed by atoms with van der Waals surface area (Å²) in [7, 11) is -2.36. The first-order chi connectivity index (χ1) is 17.4. The van der Waals surface area contributed by atoms with E-state index in [1.54, 1.807) is 25.3 Å². The van der Waals surface area contributed by atoms with E-state index in [1.165, 1.54) is 35.0 Å². The molecule has 0 atom stereocenters. The Labute approximate surface area is 207 Å². The average molecular weight is 499 g/mol. The highest BCUT2D eigenvalue weighted by Crippen LogP contribution is 2.31. The van der Waals surface area contributed by atoms with E-state index in [-0.39, 0.29) is 16.3 Å². The van der Waals surface area contributed by atoms with E-state index in [9.17, 15) is 13.2 Å². The molecule has 2 aromatic heterocycles. The third-order valence-electron chi connectivity index (χ3n) is 5.76. The first-order valence-corrected chi connectivity index (χ1v) is 12.6. The van der Waals surface area contributed by atoms with Crippen LogP contribution in [0.25, 0.3) is 27.7 Å². The van der Waals surface area contributed by atoms with Gasteiger partial charge in [-0.15, -0.1) is 5.10 Å². The monoisotopic (exact) mass is 498 g/mol. The van der Waals surface area contributed by atoms with Gasteiger partial charge < -0.3 is 4.74 Å². The Morgan fingerprint density at radius 2 is 1.72 bits per heavy atom. The van der Waals surface area contributed by atoms with Crippen molar-refractivity contribution in [2.75, 3.05) is 11.8 Å². The van der Waals surface area contributed by atoms with Gasteiger partial charge in [-0.2, -0.15) is 5.10 Å². The molecule has 5 rings (SSSR count). The molecule has 0 aliphatic rings. The van der Waals surface area contributed by atoms with Crippen LogP contribution >= 0.6 is 0 Å². The molecule has 0 aliphatic heterocycles. The predicted octanol–water partition coefficient (Wildman–Crippen LogP) is 4.57. The highest BCUT2D eigenvalue weighted by Gasteiger charge is 2.18. The zero-order chi connectivity index (χ0) is 25.3. The quantitative estimate of drug-likeness (QED) is 0.368. The molecule has 1 N–H and O–H groups in total. The van der Waals surface area contributed by atoms with Gasteiger partial charge in [-0.3, -0.25) is 14.1 Å². The van der Waals surface area contributed by atoms with Crippen LogP contribution < -0.4 is 15.0 Å². The Balaban J connectivity index is 1.60. The molecule has 180 valence electrons. The third-order valence-corrected chi connectivity index (χ3v) is 7.11. The zero-order valence-electron chi connectivity index (χ0n) is 19.5. The molecule has 9 heteroatoms. The van der Waals surface area contributed by atoms with E-state index in [4.69, 9.17) is 4.74 Å². The number of sulfonamides is 1. The van der Waals surface area contributed by atoms with E-state index in [2.05, 4.69) is 21.0 Å². The summed E-state index contributed by atoms with van der Waals surface area (Å²) in [5, 5.41) is 8.03. The van der Waals surface area contributed by atoms with Gasteiger partial charge in [0.1, 0.15) is 5.75 Å². The second-order valence-electron chi connectivity index (χ2n) is 8.20. The fourth-order valence-electron chi connectivity index (χ4n) is 4.06. The van der Waals surface area contributed by atoms with E-state index >= 15 is 0 Å². The number of aryl methyl sites for hydroxylation is 1. The van der Waals surface area contributed by atoms with Crippen molar-refractivity contribution < 1.29 is 13.2 Å². The lowest BCUT2D eigenvalue weighted by Crippen LogP contribution is -2.19. The normalized spacial score (nSPS) is 11.4. The van der Waals surface area contributed by atoms with Crippen LogP contribution in [0.5, 0.6) is 5.75 Å². The molecule has 0 aliphatic carbocycles. The Morgan fingerprint density at radius 3 is 2.47 bits per heavy atom. The van der Waals surface area contributed by atoms with E-state index in [1.807, 2.05) is 43.3 Å². The Bertz CT molecular complexity index is 1750. The lowest BCUT2D eigenvalue weighted by molar-refractivity contribution is 0.413. The second-order valence-corrected chi connectivity index (χ2v) is 9.88. The number of anilines is 1. The van der Waals surface area contributed by atoms with Crippen LogP contribution in [0, 0.1) is 6.92 Å². The molecular formula is C27H22N4O4S. The molecule has 0 bridgehead atoms. The Morgan fingerprint density at radius 1 is 0.889 bits per heavy atom. The summed E-state index contributed by atoms with van der Waals surface area (Å²) in [6.45, 7) is 2.03. The molecule has 5 aromatic rings. The summed E-state index contributed by atoms with van der Waals surface area (Å²) in [6.07, 6.45) is 1.45. The molecule has 36 heavy (non-hydrogen) atoms. The SMILES string of the molecule is COc1cc(-c2cccc(C)c2)ccc1-n1c(=O)ccc2cc(S(=O)(=O)Nc3cccnn3)ccc21. The van der Waals surface area contributed by atoms with Gasteiger partial charge in [0, 0.05) is 17.6 Å². The molecular weight excluding hydrogens is 476 g/mol. The fourth-order valence-corrected chi connectivity index (χ4v) is 5.09. The van der Waals surface area contributed by atoms with Crippen LogP contribution in [-0.4, -0.2) is 30.3 Å². The number of nitrogens with one attached hydrogen (secondary N) is 1. The summed E-state index contributed by atoms with van der Waals surface area (Å²) in [6, 6.07) is 24.4. The topological polar surface area (TPSA) is 103 Å². The standard InChI is InChI=1S/C27H22N4O4S/c1-18-5-3-6-19(15-18)20-8-11-24(25(17-20)35-2)31-23-12-10-22(16-21(23)9-13-27(31)32)36(33,34)30-26-7-4-14-28-29-26/h3-17H,1-2H3,(H,29,30). The van der Waals surface area contributed by atoms with E-state index < -0.39 is 10.0 Å². The molecule has 0 saturated carbocycles. The van der Waals surface area contributed by atoms with Crippen molar-refractivity contribution in [2.24, 2.45) is 0 Å². The first kappa shape index (κ1) is 23.3. The maximum Gasteiger partial charge on any atom is 0.263 e. The summed E-state index contributed by atoms with van der Waals surface area (Å²) in [5.41, 5.74) is 3.96. The van der Waals surface area contributed by atoms with Gasteiger partial charge in [-0.25, -0.2) is 8.42 Å². The zero-order valence-corrected chi connectivity index (χ0v) is 20.4. The largest absolute Gasteiger partial charge is 0.495 e. The van der Waals surface area contributed by atoms with Crippen molar-refractivity contribution in [3.8, 4) is 22.6 Å². The van der Waals surface area contributed by atoms with E-state index in [0.29, 0.717) is 22.3 Å². The summed E-state index contributed by atoms with van der Waals surface area (Å²) >= 11 is 0. The van der Waals surface area contributed by atoms with Gasteiger partial charge in [0.15, 0.2) is 5.82 Å². The lowest BCUT2D eigenvalue weighted by Gasteiger charge is -2.16. The van der Waals surface area contributed by atoms with Crippen LogP contribution in [0.3, 0.4) is 0 Å². The van der Waals surface area contributed by atoms with Crippen molar-refractivity contribution in [2.45, 2.75) is 11.8 Å². The number of aromatic nitrogens is 3. The van der Waals surface area contributed by atoms with Gasteiger partial charge in [0.05, 0.1) is 23.2 Å². The summed E-state index contributed by atoms with van der Waals surface area (Å²) in [5.74, 6) is 0.630. The van der Waals surface area contributed by atoms with Gasteiger partial charge in [0.25, 0.3) is 15.6 Å². The van der Waals surface area contributed by atoms with Crippen LogP contribution in [-0.2, 0) is 10.0 Å². The number of nitrogens with zero attached hydrogens (tertiary/aromatic N) is 3. The number of benzene rings is 3. The highest BCUT2D eigenvalue weighted by atomic mass is 32.2. The molecule has 0 fully saturated rings. The molecule has 0 amide bonds. The smallest absolute Gasteiger partial charge is 0.263 e. The van der Waals surface area contributed by atoms with Crippen molar-refractivity contribution in [3.05, 3.63) is 107 Å². The summed E-state index contributed by atoms with van der Waals surface area (Å²) in [4.78, 5) is 13.0. The van der Waals surface area contributed by atoms with Crippen LogP contribution in [0.15, 0.2) is 101 Å².